The van der Waals surface area contributed by atoms with Gasteiger partial charge in [-0.2, -0.15) is 0 Å². The largest absolute Gasteiger partial charge is 0.466 e. The summed E-state index contributed by atoms with van der Waals surface area (Å²) < 4.78 is 10.4. The van der Waals surface area contributed by atoms with Gasteiger partial charge in [0.05, 0.1) is 29.1 Å². The molecule has 1 saturated heterocycles. The molecule has 2 aromatic carbocycles. The first kappa shape index (κ1) is 21.5. The van der Waals surface area contributed by atoms with Gasteiger partial charge in [-0.3, -0.25) is 9.59 Å². The second-order valence-electron chi connectivity index (χ2n) is 7.66. The van der Waals surface area contributed by atoms with Crippen molar-refractivity contribution in [2.45, 2.75) is 19.8 Å². The van der Waals surface area contributed by atoms with Gasteiger partial charge in [0.2, 0.25) is 0 Å². The van der Waals surface area contributed by atoms with Gasteiger partial charge < -0.3 is 19.4 Å². The molecule has 4 rings (SSSR count). The van der Waals surface area contributed by atoms with Gasteiger partial charge in [0.15, 0.2) is 6.61 Å². The van der Waals surface area contributed by atoms with Gasteiger partial charge in [-0.25, -0.2) is 9.78 Å². The third-order valence-corrected chi connectivity index (χ3v) is 5.51. The molecule has 1 aliphatic heterocycles. The molecule has 1 unspecified atom stereocenters. The molecule has 32 heavy (non-hydrogen) atoms. The lowest BCUT2D eigenvalue weighted by Crippen LogP contribution is -2.44. The number of benzene rings is 2. The summed E-state index contributed by atoms with van der Waals surface area (Å²) in [6.07, 6.45) is 1.39. The zero-order chi connectivity index (χ0) is 22.5. The Kier molecular flexibility index (Phi) is 6.49. The van der Waals surface area contributed by atoms with Crippen LogP contribution in [0.2, 0.25) is 0 Å². The van der Waals surface area contributed by atoms with E-state index in [0.29, 0.717) is 42.9 Å². The fourth-order valence-electron chi connectivity index (χ4n) is 3.90. The quantitative estimate of drug-likeness (QED) is 0.597. The standard InChI is InChI=1S/C24H25N3O5/c1-2-31-23(29)16-8-7-13-27(14-16)21(28)15-32-24(30)18-10-4-3-9-17(18)22-25-19-11-5-6-12-20(19)26-22/h3-6,9-12,16H,2,7-8,13-15H2,1H3,(H,25,26). The van der Waals surface area contributed by atoms with Crippen molar-refractivity contribution >= 4 is 28.9 Å². The summed E-state index contributed by atoms with van der Waals surface area (Å²) in [5.74, 6) is -1.00. The van der Waals surface area contributed by atoms with Gasteiger partial charge in [-0.05, 0) is 38.0 Å². The van der Waals surface area contributed by atoms with E-state index >= 15 is 0 Å². The number of carbonyl (C=O) groups is 3. The van der Waals surface area contributed by atoms with E-state index in [0.717, 1.165) is 11.0 Å². The summed E-state index contributed by atoms with van der Waals surface area (Å²) in [5, 5.41) is 0. The molecule has 1 aromatic heterocycles. The normalized spacial score (nSPS) is 16.0. The van der Waals surface area contributed by atoms with E-state index in [1.54, 1.807) is 30.0 Å². The predicted octanol–water partition coefficient (Wildman–Crippen LogP) is 3.19. The Bertz CT molecular complexity index is 1110. The molecule has 1 amide bonds. The maximum absolute atomic E-state index is 12.8. The van der Waals surface area contributed by atoms with E-state index in [1.165, 1.54) is 0 Å². The summed E-state index contributed by atoms with van der Waals surface area (Å²) in [7, 11) is 0. The number of likely N-dealkylation sites (tertiary alicyclic amines) is 1. The number of para-hydroxylation sites is 2. The van der Waals surface area contributed by atoms with E-state index in [9.17, 15) is 14.4 Å². The van der Waals surface area contributed by atoms with Crippen LogP contribution in [0.1, 0.15) is 30.1 Å². The zero-order valence-electron chi connectivity index (χ0n) is 17.9. The van der Waals surface area contributed by atoms with Gasteiger partial charge >= 0.3 is 11.9 Å². The van der Waals surface area contributed by atoms with Crippen LogP contribution in [0.15, 0.2) is 48.5 Å². The Hall–Kier alpha value is -3.68. The SMILES string of the molecule is CCOC(=O)C1CCCN(C(=O)COC(=O)c2ccccc2-c2nc3ccccc3[nH]2)C1. The summed E-state index contributed by atoms with van der Waals surface area (Å²) in [6.45, 7) is 2.49. The first-order valence-corrected chi connectivity index (χ1v) is 10.7. The highest BCUT2D eigenvalue weighted by molar-refractivity contribution is 5.98. The maximum Gasteiger partial charge on any atom is 0.339 e. The highest BCUT2D eigenvalue weighted by atomic mass is 16.5. The Balaban J connectivity index is 1.42. The minimum atomic E-state index is -0.603. The van der Waals surface area contributed by atoms with Crippen molar-refractivity contribution < 1.29 is 23.9 Å². The lowest BCUT2D eigenvalue weighted by molar-refractivity contribution is -0.151. The number of piperidine rings is 1. The van der Waals surface area contributed by atoms with Gasteiger partial charge in [-0.15, -0.1) is 0 Å². The average molecular weight is 435 g/mol. The van der Waals surface area contributed by atoms with Crippen LogP contribution >= 0.6 is 0 Å². The highest BCUT2D eigenvalue weighted by Gasteiger charge is 2.30. The number of amides is 1. The molecule has 2 heterocycles. The minimum absolute atomic E-state index is 0.283. The van der Waals surface area contributed by atoms with Crippen LogP contribution in [0.5, 0.6) is 0 Å². The Morgan fingerprint density at radius 1 is 1.09 bits per heavy atom. The number of nitrogens with one attached hydrogen (secondary N) is 1. The van der Waals surface area contributed by atoms with Gasteiger partial charge in [0.25, 0.3) is 5.91 Å². The van der Waals surface area contributed by atoms with Gasteiger partial charge in [0, 0.05) is 18.7 Å². The monoisotopic (exact) mass is 435 g/mol. The van der Waals surface area contributed by atoms with Crippen molar-refractivity contribution in [3.05, 3.63) is 54.1 Å². The number of imidazole rings is 1. The minimum Gasteiger partial charge on any atom is -0.466 e. The van der Waals surface area contributed by atoms with Crippen molar-refractivity contribution in [1.29, 1.82) is 0 Å². The van der Waals surface area contributed by atoms with E-state index < -0.39 is 5.97 Å². The number of esters is 2. The molecule has 1 aliphatic rings. The first-order chi connectivity index (χ1) is 15.6. The second kappa shape index (κ2) is 9.64. The van der Waals surface area contributed by atoms with E-state index in [1.807, 2.05) is 30.3 Å². The predicted molar refractivity (Wildman–Crippen MR) is 118 cm³/mol. The molecule has 3 aromatic rings. The average Bonchev–Trinajstić information content (AvgIpc) is 3.27. The van der Waals surface area contributed by atoms with Crippen LogP contribution in [0, 0.1) is 5.92 Å². The topological polar surface area (TPSA) is 102 Å². The molecule has 8 nitrogen and oxygen atoms in total. The molecule has 166 valence electrons. The summed E-state index contributed by atoms with van der Waals surface area (Å²) >= 11 is 0. The van der Waals surface area contributed by atoms with Crippen LogP contribution in [0.3, 0.4) is 0 Å². The number of fused-ring (bicyclic) bond motifs is 1. The Morgan fingerprint density at radius 2 is 1.88 bits per heavy atom. The van der Waals surface area contributed by atoms with Crippen LogP contribution in [-0.2, 0) is 19.1 Å². The molecular weight excluding hydrogens is 410 g/mol. The Morgan fingerprint density at radius 3 is 2.69 bits per heavy atom. The van der Waals surface area contributed by atoms with E-state index in [4.69, 9.17) is 9.47 Å². The Labute approximate surface area is 185 Å². The van der Waals surface area contributed by atoms with Crippen LogP contribution < -0.4 is 0 Å². The molecule has 0 aliphatic carbocycles. The summed E-state index contributed by atoms with van der Waals surface area (Å²) in [5.41, 5.74) is 2.58. The number of hydrogen-bond donors (Lipinski definition) is 1. The number of ether oxygens (including phenoxy) is 2. The van der Waals surface area contributed by atoms with Crippen molar-refractivity contribution in [2.24, 2.45) is 5.92 Å². The van der Waals surface area contributed by atoms with Crippen molar-refractivity contribution in [3.8, 4) is 11.4 Å². The molecular formula is C24H25N3O5. The summed E-state index contributed by atoms with van der Waals surface area (Å²) in [6, 6.07) is 14.6. The van der Waals surface area contributed by atoms with Crippen molar-refractivity contribution in [1.82, 2.24) is 14.9 Å². The summed E-state index contributed by atoms with van der Waals surface area (Å²) in [4.78, 5) is 46.7. The maximum atomic E-state index is 12.8. The lowest BCUT2D eigenvalue weighted by atomic mass is 9.98. The number of hydrogen-bond acceptors (Lipinski definition) is 6. The first-order valence-electron chi connectivity index (χ1n) is 10.7. The molecule has 0 saturated carbocycles. The van der Waals surface area contributed by atoms with Gasteiger partial charge in [0.1, 0.15) is 5.82 Å². The zero-order valence-corrected chi connectivity index (χ0v) is 17.9. The molecule has 1 atom stereocenters. The molecule has 8 heteroatoms. The number of rotatable bonds is 6. The number of nitrogens with zero attached hydrogens (tertiary/aromatic N) is 2. The van der Waals surface area contributed by atoms with Crippen LogP contribution in [-0.4, -0.2) is 59.0 Å². The molecule has 0 bridgehead atoms. The molecule has 1 N–H and O–H groups in total. The molecule has 0 spiro atoms. The number of H-pyrrole nitrogens is 1. The third kappa shape index (κ3) is 4.64. The third-order valence-electron chi connectivity index (χ3n) is 5.51. The second-order valence-corrected chi connectivity index (χ2v) is 7.66. The van der Waals surface area contributed by atoms with E-state index in [2.05, 4.69) is 9.97 Å². The molecule has 1 fully saturated rings. The van der Waals surface area contributed by atoms with Gasteiger partial charge in [-0.1, -0.05) is 30.3 Å². The number of aromatic amines is 1. The van der Waals surface area contributed by atoms with Crippen molar-refractivity contribution in [2.75, 3.05) is 26.3 Å². The highest BCUT2D eigenvalue weighted by Crippen LogP contribution is 2.25. The fourth-order valence-corrected chi connectivity index (χ4v) is 3.90. The fraction of sp³-hybridized carbons (Fsp3) is 0.333. The van der Waals surface area contributed by atoms with Crippen molar-refractivity contribution in [3.63, 3.8) is 0 Å². The number of carbonyl (C=O) groups excluding carboxylic acids is 3. The van der Waals surface area contributed by atoms with E-state index in [-0.39, 0.29) is 30.9 Å². The lowest BCUT2D eigenvalue weighted by Gasteiger charge is -2.31. The number of aromatic nitrogens is 2. The van der Waals surface area contributed by atoms with Crippen LogP contribution in [0.4, 0.5) is 0 Å². The smallest absolute Gasteiger partial charge is 0.339 e. The molecule has 0 radical (unpaired) electrons. The van der Waals surface area contributed by atoms with Crippen LogP contribution in [0.25, 0.3) is 22.4 Å².